The predicted octanol–water partition coefficient (Wildman–Crippen LogP) is 8.26. The van der Waals surface area contributed by atoms with Gasteiger partial charge in [-0.25, -0.2) is 9.18 Å². The Morgan fingerprint density at radius 2 is 1.69 bits per heavy atom. The van der Waals surface area contributed by atoms with Gasteiger partial charge in [0, 0.05) is 17.2 Å². The number of ether oxygens (including phenoxy) is 2. The van der Waals surface area contributed by atoms with Crippen molar-refractivity contribution in [3.05, 3.63) is 101 Å². The molecule has 200 valence electrons. The lowest BCUT2D eigenvalue weighted by atomic mass is 9.89. The maximum absolute atomic E-state index is 14.7. The highest BCUT2D eigenvalue weighted by atomic mass is 32.1. The SMILES string of the molecule is CCOC(=O)C1(c2ccc(-c3ccccc3)c(-c3sc(F)cc3NC(=O)OC(C)c3ccccc3F)c2)CC1. The summed E-state index contributed by atoms with van der Waals surface area (Å²) in [4.78, 5) is 26.1. The molecule has 1 unspecified atom stereocenters. The fraction of sp³-hybridized carbons (Fsp3) is 0.226. The lowest BCUT2D eigenvalue weighted by molar-refractivity contribution is -0.146. The standard InChI is InChI=1S/C31H27F2NO4S/c1-3-37-29(35)31(15-16-31)21-13-14-23(20-9-5-4-6-10-20)24(17-21)28-26(18-27(33)39-28)34-30(36)38-19(2)22-11-7-8-12-25(22)32/h4-14,17-19H,3,15-16H2,1-2H3,(H,34,36). The number of thiophene rings is 1. The Labute approximate surface area is 229 Å². The predicted molar refractivity (Wildman–Crippen MR) is 148 cm³/mol. The van der Waals surface area contributed by atoms with Gasteiger partial charge in [0.25, 0.3) is 0 Å². The molecular weight excluding hydrogens is 520 g/mol. The summed E-state index contributed by atoms with van der Waals surface area (Å²) in [5.41, 5.74) is 2.90. The van der Waals surface area contributed by atoms with Gasteiger partial charge >= 0.3 is 12.1 Å². The van der Waals surface area contributed by atoms with Crippen LogP contribution < -0.4 is 5.32 Å². The molecule has 1 aliphatic rings. The molecule has 1 N–H and O–H groups in total. The van der Waals surface area contributed by atoms with Crippen molar-refractivity contribution in [3.63, 3.8) is 0 Å². The van der Waals surface area contributed by atoms with Crippen LogP contribution in [0, 0.1) is 10.9 Å². The van der Waals surface area contributed by atoms with Crippen molar-refractivity contribution in [2.24, 2.45) is 0 Å². The van der Waals surface area contributed by atoms with Gasteiger partial charge in [0.1, 0.15) is 11.9 Å². The monoisotopic (exact) mass is 547 g/mol. The first-order chi connectivity index (χ1) is 18.8. The molecule has 0 spiro atoms. The number of hydrogen-bond donors (Lipinski definition) is 1. The van der Waals surface area contributed by atoms with Crippen molar-refractivity contribution in [1.29, 1.82) is 0 Å². The zero-order chi connectivity index (χ0) is 27.6. The van der Waals surface area contributed by atoms with Gasteiger partial charge in [-0.05, 0) is 55.5 Å². The number of halogens is 2. The van der Waals surface area contributed by atoms with Gasteiger partial charge in [0.2, 0.25) is 0 Å². The number of nitrogens with one attached hydrogen (secondary N) is 1. The molecule has 1 saturated carbocycles. The molecule has 39 heavy (non-hydrogen) atoms. The molecule has 5 rings (SSSR count). The number of carbonyl (C=O) groups excluding carboxylic acids is 2. The second-order valence-electron chi connectivity index (χ2n) is 9.42. The maximum atomic E-state index is 14.7. The molecule has 3 aromatic carbocycles. The first-order valence-electron chi connectivity index (χ1n) is 12.7. The van der Waals surface area contributed by atoms with E-state index >= 15 is 0 Å². The summed E-state index contributed by atoms with van der Waals surface area (Å²) in [7, 11) is 0. The molecule has 1 heterocycles. The first-order valence-corrected chi connectivity index (χ1v) is 13.5. The highest BCUT2D eigenvalue weighted by Crippen LogP contribution is 2.52. The van der Waals surface area contributed by atoms with Crippen LogP contribution in [0.3, 0.4) is 0 Å². The van der Waals surface area contributed by atoms with Crippen molar-refractivity contribution in [2.45, 2.75) is 38.2 Å². The van der Waals surface area contributed by atoms with Crippen molar-refractivity contribution < 1.29 is 27.8 Å². The van der Waals surface area contributed by atoms with Crippen LogP contribution in [0.1, 0.15) is 43.9 Å². The minimum Gasteiger partial charge on any atom is -0.465 e. The summed E-state index contributed by atoms with van der Waals surface area (Å²) in [6.45, 7) is 3.62. The fourth-order valence-electron chi connectivity index (χ4n) is 4.73. The third kappa shape index (κ3) is 5.43. The summed E-state index contributed by atoms with van der Waals surface area (Å²) in [5.74, 6) is -0.759. The Morgan fingerprint density at radius 1 is 0.974 bits per heavy atom. The van der Waals surface area contributed by atoms with Crippen molar-refractivity contribution >= 4 is 29.1 Å². The van der Waals surface area contributed by atoms with E-state index in [2.05, 4.69) is 5.32 Å². The number of hydrogen-bond acceptors (Lipinski definition) is 5. The van der Waals surface area contributed by atoms with E-state index in [0.29, 0.717) is 23.3 Å². The van der Waals surface area contributed by atoms with E-state index < -0.39 is 28.6 Å². The minimum atomic E-state index is -0.861. The normalized spacial score (nSPS) is 14.4. The zero-order valence-corrected chi connectivity index (χ0v) is 22.3. The molecule has 1 atom stereocenters. The molecule has 0 radical (unpaired) electrons. The second-order valence-corrected chi connectivity index (χ2v) is 10.4. The molecule has 1 aromatic heterocycles. The Hall–Kier alpha value is -4.04. The zero-order valence-electron chi connectivity index (χ0n) is 21.5. The molecule has 1 amide bonds. The van der Waals surface area contributed by atoms with Gasteiger partial charge in [-0.3, -0.25) is 10.1 Å². The number of amides is 1. The van der Waals surface area contributed by atoms with E-state index in [0.717, 1.165) is 28.0 Å². The van der Waals surface area contributed by atoms with E-state index in [1.807, 2.05) is 48.5 Å². The third-order valence-electron chi connectivity index (χ3n) is 6.88. The minimum absolute atomic E-state index is 0.221. The molecule has 0 saturated heterocycles. The summed E-state index contributed by atoms with van der Waals surface area (Å²) < 4.78 is 39.6. The highest BCUT2D eigenvalue weighted by Gasteiger charge is 2.53. The number of rotatable bonds is 8. The topological polar surface area (TPSA) is 64.6 Å². The maximum Gasteiger partial charge on any atom is 0.412 e. The van der Waals surface area contributed by atoms with E-state index in [9.17, 15) is 18.4 Å². The van der Waals surface area contributed by atoms with Crippen LogP contribution in [0.2, 0.25) is 0 Å². The molecule has 4 aromatic rings. The molecule has 0 bridgehead atoms. The summed E-state index contributed by atoms with van der Waals surface area (Å²) in [6, 6.07) is 22.6. The summed E-state index contributed by atoms with van der Waals surface area (Å²) in [5, 5.41) is 2.14. The Bertz CT molecular complexity index is 1510. The number of esters is 1. The largest absolute Gasteiger partial charge is 0.465 e. The molecular formula is C31H27F2NO4S. The highest BCUT2D eigenvalue weighted by molar-refractivity contribution is 7.14. The Balaban J connectivity index is 1.51. The van der Waals surface area contributed by atoms with Gasteiger partial charge in [-0.1, -0.05) is 60.7 Å². The van der Waals surface area contributed by atoms with Crippen LogP contribution >= 0.6 is 11.3 Å². The van der Waals surface area contributed by atoms with Gasteiger partial charge in [-0.2, -0.15) is 4.39 Å². The molecule has 1 aliphatic carbocycles. The average molecular weight is 548 g/mol. The van der Waals surface area contributed by atoms with E-state index in [4.69, 9.17) is 9.47 Å². The third-order valence-corrected chi connectivity index (χ3v) is 7.84. The lowest BCUT2D eigenvalue weighted by Crippen LogP contribution is -2.23. The van der Waals surface area contributed by atoms with Crippen molar-refractivity contribution in [3.8, 4) is 21.6 Å². The van der Waals surface area contributed by atoms with Gasteiger partial charge in [-0.15, -0.1) is 11.3 Å². The second kappa shape index (κ2) is 11.0. The van der Waals surface area contributed by atoms with Crippen LogP contribution in [0.4, 0.5) is 19.3 Å². The van der Waals surface area contributed by atoms with Gasteiger partial charge < -0.3 is 9.47 Å². The Kier molecular flexibility index (Phi) is 7.48. The Morgan fingerprint density at radius 3 is 2.38 bits per heavy atom. The van der Waals surface area contributed by atoms with Crippen molar-refractivity contribution in [2.75, 3.05) is 11.9 Å². The van der Waals surface area contributed by atoms with Crippen LogP contribution in [0.25, 0.3) is 21.6 Å². The number of benzene rings is 3. The van der Waals surface area contributed by atoms with Gasteiger partial charge in [0.15, 0.2) is 5.13 Å². The van der Waals surface area contributed by atoms with E-state index in [-0.39, 0.29) is 23.8 Å². The summed E-state index contributed by atoms with van der Waals surface area (Å²) in [6.07, 6.45) is -0.367. The molecule has 8 heteroatoms. The smallest absolute Gasteiger partial charge is 0.412 e. The van der Waals surface area contributed by atoms with Crippen LogP contribution in [-0.4, -0.2) is 18.7 Å². The number of anilines is 1. The van der Waals surface area contributed by atoms with Crippen LogP contribution in [0.15, 0.2) is 78.9 Å². The summed E-state index contributed by atoms with van der Waals surface area (Å²) >= 11 is 0.881. The average Bonchev–Trinajstić information content (AvgIpc) is 3.67. The first kappa shape index (κ1) is 26.6. The van der Waals surface area contributed by atoms with E-state index in [1.54, 1.807) is 26.0 Å². The van der Waals surface area contributed by atoms with E-state index in [1.165, 1.54) is 18.2 Å². The quantitative estimate of drug-likeness (QED) is 0.226. The molecule has 0 aliphatic heterocycles. The van der Waals surface area contributed by atoms with Crippen molar-refractivity contribution in [1.82, 2.24) is 0 Å². The molecule has 1 fully saturated rings. The van der Waals surface area contributed by atoms with Crippen LogP contribution in [0.5, 0.6) is 0 Å². The lowest BCUT2D eigenvalue weighted by Gasteiger charge is -2.19. The number of carbonyl (C=O) groups is 2. The van der Waals surface area contributed by atoms with Crippen LogP contribution in [-0.2, 0) is 19.7 Å². The fourth-order valence-corrected chi connectivity index (χ4v) is 5.60. The van der Waals surface area contributed by atoms with Gasteiger partial charge in [0.05, 0.1) is 22.6 Å². The molecule has 5 nitrogen and oxygen atoms in total.